The molecule has 0 atom stereocenters. The number of hydrogen-bond acceptors (Lipinski definition) is 2. The van der Waals surface area contributed by atoms with Gasteiger partial charge in [-0.1, -0.05) is 50.2 Å². The van der Waals surface area contributed by atoms with E-state index in [4.69, 9.17) is 5.11 Å². The van der Waals surface area contributed by atoms with Crippen LogP contribution >= 0.6 is 0 Å². The predicted molar refractivity (Wildman–Crippen MR) is 83.9 cm³/mol. The average molecular weight is 285 g/mol. The Morgan fingerprint density at radius 1 is 1.29 bits per heavy atom. The quantitative estimate of drug-likeness (QED) is 0.839. The van der Waals surface area contributed by atoms with E-state index in [9.17, 15) is 4.79 Å². The molecule has 2 rings (SSSR count). The molecule has 0 aromatic heterocycles. The van der Waals surface area contributed by atoms with Crippen molar-refractivity contribution in [2.24, 2.45) is 5.41 Å². The highest BCUT2D eigenvalue weighted by atomic mass is 16.2. The topological polar surface area (TPSA) is 49.3 Å². The zero-order chi connectivity index (χ0) is 15.1. The van der Waals surface area contributed by atoms with Crippen molar-refractivity contribution in [3.05, 3.63) is 35.4 Å². The summed E-state index contributed by atoms with van der Waals surface area (Å²) >= 11 is 0. The van der Waals surface area contributed by atoms with Crippen LogP contribution in [0.4, 0.5) is 0 Å². The second-order valence-electron chi connectivity index (χ2n) is 6.06. The summed E-state index contributed by atoms with van der Waals surface area (Å²) in [6.45, 7) is 2.77. The van der Waals surface area contributed by atoms with Gasteiger partial charge in [0.1, 0.15) is 6.61 Å². The largest absolute Gasteiger partial charge is 0.384 e. The molecule has 3 nitrogen and oxygen atoms in total. The predicted octanol–water partition coefficient (Wildman–Crippen LogP) is 2.73. The molecule has 0 spiro atoms. The SMILES string of the molecule is CC1(CNC(=O)c2ccccc2C#CCO)CCCCC1. The standard InChI is InChI=1S/C18H23NO2/c1-18(11-5-2-6-12-18)14-19-17(21)16-10-4-3-8-15(16)9-7-13-20/h3-4,8,10,20H,2,5-6,11-14H2,1H3,(H,19,21). The summed E-state index contributed by atoms with van der Waals surface area (Å²) in [5.74, 6) is 5.35. The summed E-state index contributed by atoms with van der Waals surface area (Å²) in [6.07, 6.45) is 6.18. The molecule has 1 aliphatic rings. The van der Waals surface area contributed by atoms with Crippen LogP contribution in [0.3, 0.4) is 0 Å². The summed E-state index contributed by atoms with van der Waals surface area (Å²) in [7, 11) is 0. The smallest absolute Gasteiger partial charge is 0.252 e. The highest BCUT2D eigenvalue weighted by Gasteiger charge is 2.27. The van der Waals surface area contributed by atoms with Crippen molar-refractivity contribution in [2.75, 3.05) is 13.2 Å². The van der Waals surface area contributed by atoms with Crippen LogP contribution in [0, 0.1) is 17.3 Å². The number of aliphatic hydroxyl groups is 1. The highest BCUT2D eigenvalue weighted by molar-refractivity contribution is 5.96. The maximum Gasteiger partial charge on any atom is 0.252 e. The Labute approximate surface area is 126 Å². The lowest BCUT2D eigenvalue weighted by Crippen LogP contribution is -2.37. The number of rotatable bonds is 3. The number of aliphatic hydroxyl groups excluding tert-OH is 1. The molecule has 2 N–H and O–H groups in total. The number of carbonyl (C=O) groups is 1. The molecule has 0 aliphatic heterocycles. The van der Waals surface area contributed by atoms with E-state index in [1.54, 1.807) is 12.1 Å². The molecule has 1 aromatic rings. The van der Waals surface area contributed by atoms with Gasteiger partial charge in [-0.3, -0.25) is 4.79 Å². The lowest BCUT2D eigenvalue weighted by atomic mass is 9.76. The first-order valence-corrected chi connectivity index (χ1v) is 7.62. The first kappa shape index (κ1) is 15.6. The van der Waals surface area contributed by atoms with Gasteiger partial charge >= 0.3 is 0 Å². The van der Waals surface area contributed by atoms with Crippen LogP contribution in [0.5, 0.6) is 0 Å². The molecule has 112 valence electrons. The highest BCUT2D eigenvalue weighted by Crippen LogP contribution is 2.34. The minimum Gasteiger partial charge on any atom is -0.384 e. The van der Waals surface area contributed by atoms with Gasteiger partial charge in [-0.15, -0.1) is 0 Å². The van der Waals surface area contributed by atoms with Gasteiger partial charge in [-0.25, -0.2) is 0 Å². The Balaban J connectivity index is 2.03. The number of hydrogen-bond donors (Lipinski definition) is 2. The molecule has 0 bridgehead atoms. The lowest BCUT2D eigenvalue weighted by Gasteiger charge is -2.33. The number of amides is 1. The van der Waals surface area contributed by atoms with Gasteiger partial charge < -0.3 is 10.4 Å². The Hall–Kier alpha value is -1.79. The number of carbonyl (C=O) groups excluding carboxylic acids is 1. The van der Waals surface area contributed by atoms with Crippen molar-refractivity contribution in [3.63, 3.8) is 0 Å². The van der Waals surface area contributed by atoms with Crippen molar-refractivity contribution >= 4 is 5.91 Å². The molecule has 0 heterocycles. The van der Waals surface area contributed by atoms with Crippen LogP contribution in [-0.4, -0.2) is 24.2 Å². The fraction of sp³-hybridized carbons (Fsp3) is 0.500. The van der Waals surface area contributed by atoms with E-state index in [1.807, 2.05) is 12.1 Å². The van der Waals surface area contributed by atoms with E-state index in [2.05, 4.69) is 24.1 Å². The van der Waals surface area contributed by atoms with E-state index >= 15 is 0 Å². The second-order valence-corrected chi connectivity index (χ2v) is 6.06. The van der Waals surface area contributed by atoms with Crippen molar-refractivity contribution in [1.82, 2.24) is 5.32 Å². The van der Waals surface area contributed by atoms with Gasteiger partial charge in [0.2, 0.25) is 0 Å². The van der Waals surface area contributed by atoms with Crippen LogP contribution in [-0.2, 0) is 0 Å². The van der Waals surface area contributed by atoms with Gasteiger partial charge in [0, 0.05) is 12.1 Å². The molecular formula is C18H23NO2. The first-order valence-electron chi connectivity index (χ1n) is 7.62. The van der Waals surface area contributed by atoms with Crippen LogP contribution in [0.2, 0.25) is 0 Å². The minimum atomic E-state index is -0.200. The van der Waals surface area contributed by atoms with Gasteiger partial charge in [-0.05, 0) is 30.4 Å². The first-order chi connectivity index (χ1) is 10.1. The summed E-state index contributed by atoms with van der Waals surface area (Å²) in [5.41, 5.74) is 1.47. The molecule has 0 unspecified atom stereocenters. The van der Waals surface area contributed by atoms with Gasteiger partial charge in [0.05, 0.1) is 5.56 Å². The van der Waals surface area contributed by atoms with Crippen molar-refractivity contribution in [1.29, 1.82) is 0 Å². The fourth-order valence-corrected chi connectivity index (χ4v) is 2.90. The Kier molecular flexibility index (Phi) is 5.41. The summed E-state index contributed by atoms with van der Waals surface area (Å²) in [6, 6.07) is 7.27. The molecule has 1 fully saturated rings. The molecule has 21 heavy (non-hydrogen) atoms. The van der Waals surface area contributed by atoms with Crippen LogP contribution in [0.1, 0.15) is 54.9 Å². The zero-order valence-corrected chi connectivity index (χ0v) is 12.6. The molecule has 1 saturated carbocycles. The van der Waals surface area contributed by atoms with E-state index in [-0.39, 0.29) is 17.9 Å². The van der Waals surface area contributed by atoms with E-state index in [0.29, 0.717) is 17.7 Å². The van der Waals surface area contributed by atoms with Crippen LogP contribution < -0.4 is 5.32 Å². The molecular weight excluding hydrogens is 262 g/mol. The molecule has 1 amide bonds. The third-order valence-electron chi connectivity index (χ3n) is 4.21. The van der Waals surface area contributed by atoms with Crippen LogP contribution in [0.15, 0.2) is 24.3 Å². The summed E-state index contributed by atoms with van der Waals surface area (Å²) in [5, 5.41) is 11.8. The minimum absolute atomic E-state index is 0.0790. The molecule has 1 aliphatic carbocycles. The monoisotopic (exact) mass is 285 g/mol. The summed E-state index contributed by atoms with van der Waals surface area (Å²) < 4.78 is 0. The lowest BCUT2D eigenvalue weighted by molar-refractivity contribution is 0.0919. The third-order valence-corrected chi connectivity index (χ3v) is 4.21. The average Bonchev–Trinajstić information content (AvgIpc) is 2.52. The van der Waals surface area contributed by atoms with Gasteiger partial charge in [0.15, 0.2) is 0 Å². The van der Waals surface area contributed by atoms with Gasteiger partial charge in [0.25, 0.3) is 5.91 Å². The van der Waals surface area contributed by atoms with Gasteiger partial charge in [-0.2, -0.15) is 0 Å². The molecule has 0 saturated heterocycles. The second kappa shape index (κ2) is 7.28. The fourth-order valence-electron chi connectivity index (χ4n) is 2.90. The van der Waals surface area contributed by atoms with Crippen molar-refractivity contribution < 1.29 is 9.90 Å². The van der Waals surface area contributed by atoms with Crippen molar-refractivity contribution in [2.45, 2.75) is 39.0 Å². The van der Waals surface area contributed by atoms with E-state index in [0.717, 1.165) is 0 Å². The van der Waals surface area contributed by atoms with Crippen LogP contribution in [0.25, 0.3) is 0 Å². The Morgan fingerprint density at radius 2 is 2.00 bits per heavy atom. The Morgan fingerprint density at radius 3 is 2.71 bits per heavy atom. The third kappa shape index (κ3) is 4.34. The molecule has 3 heteroatoms. The van der Waals surface area contributed by atoms with Crippen molar-refractivity contribution in [3.8, 4) is 11.8 Å². The maximum atomic E-state index is 12.4. The summed E-state index contributed by atoms with van der Waals surface area (Å²) in [4.78, 5) is 12.4. The molecule has 0 radical (unpaired) electrons. The maximum absolute atomic E-state index is 12.4. The number of nitrogens with one attached hydrogen (secondary N) is 1. The zero-order valence-electron chi connectivity index (χ0n) is 12.6. The Bertz CT molecular complexity index is 548. The molecule has 1 aromatic carbocycles. The van der Waals surface area contributed by atoms with E-state index < -0.39 is 0 Å². The normalized spacial score (nSPS) is 16.7. The van der Waals surface area contributed by atoms with E-state index in [1.165, 1.54) is 32.1 Å². The number of benzene rings is 1.